The number of rotatable bonds is 5. The van der Waals surface area contributed by atoms with Crippen molar-refractivity contribution < 1.29 is 4.74 Å². The quantitative estimate of drug-likeness (QED) is 0.451. The van der Waals surface area contributed by atoms with E-state index in [4.69, 9.17) is 4.74 Å². The molecule has 0 amide bonds. The summed E-state index contributed by atoms with van der Waals surface area (Å²) in [6, 6.07) is 8.65. The van der Waals surface area contributed by atoms with Crippen molar-refractivity contribution in [1.82, 2.24) is 10.6 Å². The number of ether oxygens (including phenoxy) is 1. The molecule has 0 radical (unpaired) electrons. The van der Waals surface area contributed by atoms with E-state index >= 15 is 0 Å². The van der Waals surface area contributed by atoms with Crippen LogP contribution in [-0.2, 0) is 6.54 Å². The summed E-state index contributed by atoms with van der Waals surface area (Å²) < 4.78 is 5.16. The van der Waals surface area contributed by atoms with Gasteiger partial charge < -0.3 is 15.4 Å². The lowest BCUT2D eigenvalue weighted by Gasteiger charge is -2.16. The van der Waals surface area contributed by atoms with E-state index in [1.165, 1.54) is 31.2 Å². The van der Waals surface area contributed by atoms with Gasteiger partial charge in [-0.05, 0) is 37.5 Å². The molecule has 1 aromatic rings. The molecule has 1 aromatic carbocycles. The van der Waals surface area contributed by atoms with E-state index in [0.29, 0.717) is 12.6 Å². The van der Waals surface area contributed by atoms with Gasteiger partial charge in [0.05, 0.1) is 13.7 Å². The summed E-state index contributed by atoms with van der Waals surface area (Å²) in [7, 11) is 1.68. The van der Waals surface area contributed by atoms with E-state index in [2.05, 4.69) is 34.7 Å². The molecule has 0 unspecified atom stereocenters. The summed E-state index contributed by atoms with van der Waals surface area (Å²) in [5.74, 6) is 1.81. The number of aliphatic imine (C=N–C) groups is 1. The zero-order valence-corrected chi connectivity index (χ0v) is 15.2. The Morgan fingerprint density at radius 3 is 2.48 bits per heavy atom. The van der Waals surface area contributed by atoms with Crippen LogP contribution in [-0.4, -0.2) is 25.7 Å². The fourth-order valence-electron chi connectivity index (χ4n) is 2.48. The first kappa shape index (κ1) is 18.1. The van der Waals surface area contributed by atoms with Gasteiger partial charge in [0.1, 0.15) is 5.75 Å². The van der Waals surface area contributed by atoms with Crippen molar-refractivity contribution in [2.75, 3.05) is 13.7 Å². The monoisotopic (exact) mass is 403 g/mol. The van der Waals surface area contributed by atoms with Gasteiger partial charge in [0.2, 0.25) is 0 Å². The molecule has 1 fully saturated rings. The highest BCUT2D eigenvalue weighted by atomic mass is 127. The van der Waals surface area contributed by atoms with E-state index in [0.717, 1.165) is 18.3 Å². The van der Waals surface area contributed by atoms with Gasteiger partial charge in [-0.15, -0.1) is 24.0 Å². The predicted octanol–water partition coefficient (Wildman–Crippen LogP) is 3.31. The molecule has 0 spiro atoms. The molecule has 0 heterocycles. The Kier molecular flexibility index (Phi) is 8.49. The maximum absolute atomic E-state index is 5.16. The Balaban J connectivity index is 0.00000220. The molecule has 0 aromatic heterocycles. The van der Waals surface area contributed by atoms with Gasteiger partial charge in [0.15, 0.2) is 5.96 Å². The van der Waals surface area contributed by atoms with Gasteiger partial charge in [-0.2, -0.15) is 0 Å². The highest BCUT2D eigenvalue weighted by Gasteiger charge is 2.15. The van der Waals surface area contributed by atoms with Crippen LogP contribution in [0.2, 0.25) is 0 Å². The average Bonchev–Trinajstić information content (AvgIpc) is 2.98. The molecular formula is C16H26IN3O. The lowest BCUT2D eigenvalue weighted by molar-refractivity contribution is 0.414. The molecule has 1 aliphatic rings. The zero-order chi connectivity index (χ0) is 14.2. The molecule has 4 nitrogen and oxygen atoms in total. The first-order chi connectivity index (χ1) is 9.81. The second kappa shape index (κ2) is 9.87. The zero-order valence-electron chi connectivity index (χ0n) is 12.9. The first-order valence-electron chi connectivity index (χ1n) is 7.49. The molecule has 0 atom stereocenters. The van der Waals surface area contributed by atoms with Crippen molar-refractivity contribution in [3.05, 3.63) is 29.8 Å². The van der Waals surface area contributed by atoms with Gasteiger partial charge in [0.25, 0.3) is 0 Å². The number of halogens is 1. The van der Waals surface area contributed by atoms with Crippen LogP contribution in [0.5, 0.6) is 5.75 Å². The Morgan fingerprint density at radius 1 is 1.24 bits per heavy atom. The normalized spacial score (nSPS) is 15.4. The standard InChI is InChI=1S/C16H25N3O.HI/c1-3-17-16(19-14-6-4-5-7-14)18-12-13-8-10-15(20-2)11-9-13;/h8-11,14H,3-7,12H2,1-2H3,(H2,17,18,19);1H. The second-order valence-corrected chi connectivity index (χ2v) is 5.17. The lowest BCUT2D eigenvalue weighted by Crippen LogP contribution is -2.42. The molecule has 1 saturated carbocycles. The molecule has 0 aliphatic heterocycles. The minimum Gasteiger partial charge on any atom is -0.497 e. The highest BCUT2D eigenvalue weighted by molar-refractivity contribution is 14.0. The summed E-state index contributed by atoms with van der Waals surface area (Å²) in [6.45, 7) is 3.67. The molecule has 0 saturated heterocycles. The maximum atomic E-state index is 5.16. The maximum Gasteiger partial charge on any atom is 0.191 e. The fraction of sp³-hybridized carbons (Fsp3) is 0.562. The second-order valence-electron chi connectivity index (χ2n) is 5.17. The van der Waals surface area contributed by atoms with Crippen LogP contribution in [0.15, 0.2) is 29.3 Å². The van der Waals surface area contributed by atoms with Crippen LogP contribution in [0.3, 0.4) is 0 Å². The summed E-state index contributed by atoms with van der Waals surface area (Å²) >= 11 is 0. The third-order valence-corrected chi connectivity index (χ3v) is 3.62. The predicted molar refractivity (Wildman–Crippen MR) is 98.6 cm³/mol. The van der Waals surface area contributed by atoms with E-state index in [1.807, 2.05) is 12.1 Å². The largest absolute Gasteiger partial charge is 0.497 e. The molecule has 2 N–H and O–H groups in total. The number of hydrogen-bond acceptors (Lipinski definition) is 2. The Labute approximate surface area is 144 Å². The molecular weight excluding hydrogens is 377 g/mol. The van der Waals surface area contributed by atoms with Gasteiger partial charge >= 0.3 is 0 Å². The van der Waals surface area contributed by atoms with Gasteiger partial charge in [-0.25, -0.2) is 4.99 Å². The Morgan fingerprint density at radius 2 is 1.90 bits per heavy atom. The van der Waals surface area contributed by atoms with Crippen molar-refractivity contribution in [2.24, 2.45) is 4.99 Å². The van der Waals surface area contributed by atoms with Crippen molar-refractivity contribution in [2.45, 2.75) is 45.2 Å². The number of hydrogen-bond donors (Lipinski definition) is 2. The topological polar surface area (TPSA) is 45.7 Å². The summed E-state index contributed by atoms with van der Waals surface area (Å²) in [6.07, 6.45) is 5.17. The summed E-state index contributed by atoms with van der Waals surface area (Å²) in [5, 5.41) is 6.84. The SMILES string of the molecule is CCNC(=NCc1ccc(OC)cc1)NC1CCCC1.I. The number of nitrogens with zero attached hydrogens (tertiary/aromatic N) is 1. The number of guanidine groups is 1. The van der Waals surface area contributed by atoms with Crippen LogP contribution in [0.4, 0.5) is 0 Å². The minimum absolute atomic E-state index is 0. The van der Waals surface area contributed by atoms with Gasteiger partial charge in [0, 0.05) is 12.6 Å². The lowest BCUT2D eigenvalue weighted by atomic mass is 10.2. The number of benzene rings is 1. The van der Waals surface area contributed by atoms with E-state index in [9.17, 15) is 0 Å². The van der Waals surface area contributed by atoms with Crippen LogP contribution in [0.25, 0.3) is 0 Å². The number of methoxy groups -OCH3 is 1. The molecule has 5 heteroatoms. The molecule has 1 aliphatic carbocycles. The summed E-state index contributed by atoms with van der Waals surface area (Å²) in [5.41, 5.74) is 1.19. The Hall–Kier alpha value is -0.980. The van der Waals surface area contributed by atoms with E-state index < -0.39 is 0 Å². The van der Waals surface area contributed by atoms with Crippen molar-refractivity contribution in [3.8, 4) is 5.75 Å². The molecule has 2 rings (SSSR count). The van der Waals surface area contributed by atoms with E-state index in [-0.39, 0.29) is 24.0 Å². The minimum atomic E-state index is 0. The highest BCUT2D eigenvalue weighted by Crippen LogP contribution is 2.17. The molecule has 0 bridgehead atoms. The van der Waals surface area contributed by atoms with Crippen molar-refractivity contribution in [3.63, 3.8) is 0 Å². The summed E-state index contributed by atoms with van der Waals surface area (Å²) in [4.78, 5) is 4.66. The van der Waals surface area contributed by atoms with Crippen molar-refractivity contribution in [1.29, 1.82) is 0 Å². The van der Waals surface area contributed by atoms with E-state index in [1.54, 1.807) is 7.11 Å². The van der Waals surface area contributed by atoms with Crippen LogP contribution < -0.4 is 15.4 Å². The molecule has 118 valence electrons. The van der Waals surface area contributed by atoms with Gasteiger partial charge in [-0.1, -0.05) is 25.0 Å². The Bertz CT molecular complexity index is 428. The molecule has 21 heavy (non-hydrogen) atoms. The van der Waals surface area contributed by atoms with Gasteiger partial charge in [-0.3, -0.25) is 0 Å². The smallest absolute Gasteiger partial charge is 0.191 e. The first-order valence-corrected chi connectivity index (χ1v) is 7.49. The third kappa shape index (κ3) is 6.11. The third-order valence-electron chi connectivity index (χ3n) is 3.62. The van der Waals surface area contributed by atoms with Crippen LogP contribution in [0.1, 0.15) is 38.2 Å². The number of nitrogens with one attached hydrogen (secondary N) is 2. The van der Waals surface area contributed by atoms with Crippen LogP contribution >= 0.6 is 24.0 Å². The fourth-order valence-corrected chi connectivity index (χ4v) is 2.48. The average molecular weight is 403 g/mol. The van der Waals surface area contributed by atoms with Crippen LogP contribution in [0, 0.1) is 0 Å². The van der Waals surface area contributed by atoms with Crippen molar-refractivity contribution >= 4 is 29.9 Å².